The summed E-state index contributed by atoms with van der Waals surface area (Å²) in [6.45, 7) is 4.40. The van der Waals surface area contributed by atoms with Crippen molar-refractivity contribution < 1.29 is 4.79 Å². The van der Waals surface area contributed by atoms with Crippen molar-refractivity contribution in [2.75, 3.05) is 11.9 Å². The van der Waals surface area contributed by atoms with E-state index in [0.717, 1.165) is 17.0 Å². The first-order valence-electron chi connectivity index (χ1n) is 5.12. The topological polar surface area (TPSA) is 41.5 Å². The first kappa shape index (κ1) is 9.90. The molecule has 3 heteroatoms. The summed E-state index contributed by atoms with van der Waals surface area (Å²) >= 11 is 0. The Morgan fingerprint density at radius 1 is 1.33 bits per heavy atom. The van der Waals surface area contributed by atoms with Crippen molar-refractivity contribution in [1.29, 1.82) is 0 Å². The van der Waals surface area contributed by atoms with Gasteiger partial charge in [0.25, 0.3) is 0 Å². The zero-order chi connectivity index (χ0) is 10.8. The highest BCUT2D eigenvalue weighted by molar-refractivity contribution is 6.11. The molecule has 1 amide bonds. The van der Waals surface area contributed by atoms with Gasteiger partial charge in [0, 0.05) is 17.0 Å². The maximum absolute atomic E-state index is 11.4. The summed E-state index contributed by atoms with van der Waals surface area (Å²) in [5.41, 5.74) is 2.91. The van der Waals surface area contributed by atoms with Gasteiger partial charge < -0.3 is 5.32 Å². The minimum absolute atomic E-state index is 0.0434. The van der Waals surface area contributed by atoms with E-state index in [0.29, 0.717) is 5.92 Å². The highest BCUT2D eigenvalue weighted by Gasteiger charge is 2.17. The molecule has 0 radical (unpaired) electrons. The molecular weight excluding hydrogens is 188 g/mol. The molecule has 0 aromatic heterocycles. The van der Waals surface area contributed by atoms with Crippen LogP contribution in [-0.4, -0.2) is 18.2 Å². The van der Waals surface area contributed by atoms with Crippen molar-refractivity contribution in [3.05, 3.63) is 29.8 Å². The third-order valence-electron chi connectivity index (χ3n) is 2.42. The lowest BCUT2D eigenvalue weighted by atomic mass is 9.98. The Bertz CT molecular complexity index is 421. The van der Waals surface area contributed by atoms with E-state index in [1.54, 1.807) is 0 Å². The molecule has 1 aromatic carbocycles. The molecule has 0 unspecified atom stereocenters. The van der Waals surface area contributed by atoms with Gasteiger partial charge in [-0.05, 0) is 12.0 Å². The number of fused-ring (bicyclic) bond motifs is 1. The zero-order valence-corrected chi connectivity index (χ0v) is 8.95. The van der Waals surface area contributed by atoms with Crippen molar-refractivity contribution in [2.45, 2.75) is 13.8 Å². The molecule has 0 saturated heterocycles. The average molecular weight is 202 g/mol. The second-order valence-corrected chi connectivity index (χ2v) is 3.95. The van der Waals surface area contributed by atoms with E-state index >= 15 is 0 Å². The average Bonchev–Trinajstić information content (AvgIpc) is 2.35. The summed E-state index contributed by atoms with van der Waals surface area (Å²) in [5.74, 6) is 0.289. The van der Waals surface area contributed by atoms with Gasteiger partial charge >= 0.3 is 0 Å². The van der Waals surface area contributed by atoms with Crippen LogP contribution in [0.25, 0.3) is 0 Å². The van der Waals surface area contributed by atoms with Crippen LogP contribution in [0.3, 0.4) is 0 Å². The van der Waals surface area contributed by atoms with Gasteiger partial charge in [-0.1, -0.05) is 32.0 Å². The van der Waals surface area contributed by atoms with Gasteiger partial charge in [0.2, 0.25) is 5.91 Å². The third kappa shape index (κ3) is 1.91. The minimum Gasteiger partial charge on any atom is -0.324 e. The highest BCUT2D eigenvalue weighted by atomic mass is 16.1. The molecule has 3 nitrogen and oxygen atoms in total. The Morgan fingerprint density at radius 3 is 2.80 bits per heavy atom. The van der Waals surface area contributed by atoms with Gasteiger partial charge in [-0.25, -0.2) is 0 Å². The number of carbonyl (C=O) groups excluding carboxylic acids is 1. The second kappa shape index (κ2) is 3.85. The molecule has 0 aliphatic carbocycles. The van der Waals surface area contributed by atoms with E-state index in [9.17, 15) is 4.79 Å². The number of carbonyl (C=O) groups is 1. The molecule has 1 aliphatic rings. The van der Waals surface area contributed by atoms with Crippen molar-refractivity contribution >= 4 is 17.3 Å². The summed E-state index contributed by atoms with van der Waals surface area (Å²) < 4.78 is 0. The van der Waals surface area contributed by atoms with Crippen molar-refractivity contribution in [1.82, 2.24) is 0 Å². The molecule has 15 heavy (non-hydrogen) atoms. The quantitative estimate of drug-likeness (QED) is 0.744. The monoisotopic (exact) mass is 202 g/mol. The van der Waals surface area contributed by atoms with Crippen molar-refractivity contribution in [3.8, 4) is 0 Å². The number of benzene rings is 1. The fourth-order valence-electron chi connectivity index (χ4n) is 1.74. The predicted molar refractivity (Wildman–Crippen MR) is 61.3 cm³/mol. The Balaban J connectivity index is 2.53. The third-order valence-corrected chi connectivity index (χ3v) is 2.42. The van der Waals surface area contributed by atoms with E-state index in [1.807, 2.05) is 24.3 Å². The summed E-state index contributed by atoms with van der Waals surface area (Å²) in [7, 11) is 0. The SMILES string of the molecule is CC(C)C1=NCC(=O)Nc2ccccc21. The van der Waals surface area contributed by atoms with Crippen LogP contribution in [-0.2, 0) is 4.79 Å². The summed E-state index contributed by atoms with van der Waals surface area (Å²) in [6, 6.07) is 7.80. The molecule has 0 fully saturated rings. The van der Waals surface area contributed by atoms with E-state index < -0.39 is 0 Å². The van der Waals surface area contributed by atoms with Gasteiger partial charge in [-0.2, -0.15) is 0 Å². The molecule has 0 bridgehead atoms. The number of aliphatic imine (C=N–C) groups is 1. The summed E-state index contributed by atoms with van der Waals surface area (Å²) in [6.07, 6.45) is 0. The second-order valence-electron chi connectivity index (χ2n) is 3.95. The lowest BCUT2D eigenvalue weighted by Gasteiger charge is -2.11. The van der Waals surface area contributed by atoms with Crippen LogP contribution in [0, 0.1) is 5.92 Å². The fraction of sp³-hybridized carbons (Fsp3) is 0.333. The van der Waals surface area contributed by atoms with Crippen LogP contribution in [0.4, 0.5) is 5.69 Å². The Kier molecular flexibility index (Phi) is 2.54. The van der Waals surface area contributed by atoms with E-state index in [-0.39, 0.29) is 12.5 Å². The van der Waals surface area contributed by atoms with Gasteiger partial charge in [0.15, 0.2) is 0 Å². The standard InChI is InChI=1S/C12H14N2O/c1-8(2)12-9-5-3-4-6-10(9)14-11(15)7-13-12/h3-6,8H,7H2,1-2H3,(H,14,15). The molecule has 0 spiro atoms. The van der Waals surface area contributed by atoms with Crippen LogP contribution in [0.2, 0.25) is 0 Å². The first-order chi connectivity index (χ1) is 7.18. The maximum Gasteiger partial charge on any atom is 0.246 e. The minimum atomic E-state index is -0.0434. The summed E-state index contributed by atoms with van der Waals surface area (Å²) in [5, 5.41) is 2.85. The molecule has 78 valence electrons. The van der Waals surface area contributed by atoms with E-state index in [1.165, 1.54) is 0 Å². The van der Waals surface area contributed by atoms with Gasteiger partial charge in [-0.3, -0.25) is 9.79 Å². The molecule has 2 rings (SSSR count). The number of nitrogens with zero attached hydrogens (tertiary/aromatic N) is 1. The van der Waals surface area contributed by atoms with Gasteiger partial charge in [0.1, 0.15) is 6.54 Å². The Hall–Kier alpha value is -1.64. The molecule has 1 N–H and O–H groups in total. The number of nitrogens with one attached hydrogen (secondary N) is 1. The number of benzodiazepines with no additional fused rings is 1. The smallest absolute Gasteiger partial charge is 0.246 e. The number of rotatable bonds is 1. The number of hydrogen-bond donors (Lipinski definition) is 1. The van der Waals surface area contributed by atoms with Crippen LogP contribution in [0.1, 0.15) is 19.4 Å². The van der Waals surface area contributed by atoms with Crippen LogP contribution in [0.15, 0.2) is 29.3 Å². The number of amides is 1. The van der Waals surface area contributed by atoms with Crippen molar-refractivity contribution in [3.63, 3.8) is 0 Å². The lowest BCUT2D eigenvalue weighted by Crippen LogP contribution is -2.13. The van der Waals surface area contributed by atoms with Crippen molar-refractivity contribution in [2.24, 2.45) is 10.9 Å². The molecule has 1 heterocycles. The maximum atomic E-state index is 11.4. The molecular formula is C12H14N2O. The van der Waals surface area contributed by atoms with Crippen LogP contribution >= 0.6 is 0 Å². The number of anilines is 1. The molecule has 0 saturated carbocycles. The Morgan fingerprint density at radius 2 is 2.07 bits per heavy atom. The molecule has 1 aliphatic heterocycles. The Labute approximate surface area is 89.2 Å². The largest absolute Gasteiger partial charge is 0.324 e. The number of hydrogen-bond acceptors (Lipinski definition) is 2. The van der Waals surface area contributed by atoms with Gasteiger partial charge in [-0.15, -0.1) is 0 Å². The zero-order valence-electron chi connectivity index (χ0n) is 8.95. The normalized spacial score (nSPS) is 15.4. The van der Waals surface area contributed by atoms with Gasteiger partial charge in [0.05, 0.1) is 0 Å². The fourth-order valence-corrected chi connectivity index (χ4v) is 1.74. The molecule has 0 atom stereocenters. The lowest BCUT2D eigenvalue weighted by molar-refractivity contribution is -0.114. The molecule has 1 aromatic rings. The number of para-hydroxylation sites is 1. The highest BCUT2D eigenvalue weighted by Crippen LogP contribution is 2.21. The summed E-state index contributed by atoms with van der Waals surface area (Å²) in [4.78, 5) is 15.7. The van der Waals surface area contributed by atoms with E-state index in [2.05, 4.69) is 24.2 Å². The van der Waals surface area contributed by atoms with E-state index in [4.69, 9.17) is 0 Å². The van der Waals surface area contributed by atoms with Crippen LogP contribution < -0.4 is 5.32 Å². The predicted octanol–water partition coefficient (Wildman–Crippen LogP) is 2.08. The van der Waals surface area contributed by atoms with Crippen LogP contribution in [0.5, 0.6) is 0 Å². The first-order valence-corrected chi connectivity index (χ1v) is 5.12.